The van der Waals surface area contributed by atoms with Crippen LogP contribution in [-0.2, 0) is 12.8 Å². The number of para-hydroxylation sites is 2. The van der Waals surface area contributed by atoms with Crippen molar-refractivity contribution >= 4 is 34.0 Å². The molecule has 0 saturated heterocycles. The van der Waals surface area contributed by atoms with Crippen LogP contribution in [0.3, 0.4) is 0 Å². The molecule has 1 heterocycles. The van der Waals surface area contributed by atoms with E-state index < -0.39 is 0 Å². The molecule has 0 aliphatic carbocycles. The lowest BCUT2D eigenvalue weighted by molar-refractivity contribution is 1.12. The van der Waals surface area contributed by atoms with Gasteiger partial charge in [-0.1, -0.05) is 50.2 Å². The van der Waals surface area contributed by atoms with Crippen LogP contribution < -0.4 is 10.6 Å². The van der Waals surface area contributed by atoms with Crippen LogP contribution >= 0.6 is 0 Å². The molecule has 28 heavy (non-hydrogen) atoms. The summed E-state index contributed by atoms with van der Waals surface area (Å²) in [6.07, 6.45) is 2.01. The van der Waals surface area contributed by atoms with Crippen molar-refractivity contribution in [2.45, 2.75) is 26.7 Å². The van der Waals surface area contributed by atoms with Gasteiger partial charge in [0.05, 0.1) is 11.0 Å². The van der Waals surface area contributed by atoms with Gasteiger partial charge in [0.25, 0.3) is 0 Å². The second-order valence-electron chi connectivity index (χ2n) is 6.80. The van der Waals surface area contributed by atoms with Gasteiger partial charge in [-0.25, -0.2) is 9.97 Å². The first-order chi connectivity index (χ1) is 13.7. The highest BCUT2D eigenvalue weighted by atomic mass is 15.2. The third-order valence-corrected chi connectivity index (χ3v) is 5.00. The molecule has 0 aliphatic heterocycles. The molecule has 0 unspecified atom stereocenters. The fraction of sp³-hybridized carbons (Fsp3) is 0.167. The first-order valence-corrected chi connectivity index (χ1v) is 9.70. The van der Waals surface area contributed by atoms with E-state index in [1.165, 1.54) is 11.1 Å². The molecule has 0 spiro atoms. The summed E-state index contributed by atoms with van der Waals surface area (Å²) in [6.45, 7) is 4.31. The molecule has 0 atom stereocenters. The molecule has 3 aromatic carbocycles. The van der Waals surface area contributed by atoms with Gasteiger partial charge in [0, 0.05) is 11.4 Å². The summed E-state index contributed by atoms with van der Waals surface area (Å²) < 4.78 is 0. The summed E-state index contributed by atoms with van der Waals surface area (Å²) in [5, 5.41) is 0. The summed E-state index contributed by atoms with van der Waals surface area (Å²) >= 11 is 0. The molecule has 4 nitrogen and oxygen atoms in total. The van der Waals surface area contributed by atoms with Crippen molar-refractivity contribution in [2.75, 3.05) is 10.6 Å². The minimum atomic E-state index is 0.415. The lowest BCUT2D eigenvalue weighted by Crippen LogP contribution is -2.15. The molecule has 0 fully saturated rings. The van der Waals surface area contributed by atoms with Gasteiger partial charge in [0.1, 0.15) is 0 Å². The Kier molecular flexibility index (Phi) is 4.94. The highest BCUT2D eigenvalue weighted by Crippen LogP contribution is 2.36. The molecule has 4 heteroatoms. The van der Waals surface area contributed by atoms with Crippen molar-refractivity contribution in [1.82, 2.24) is 9.97 Å². The van der Waals surface area contributed by atoms with Gasteiger partial charge in [-0.05, 0) is 60.4 Å². The van der Waals surface area contributed by atoms with E-state index in [1.807, 2.05) is 24.3 Å². The Hall–Kier alpha value is -3.40. The van der Waals surface area contributed by atoms with Crippen LogP contribution in [0, 0.1) is 0 Å². The van der Waals surface area contributed by atoms with Crippen LogP contribution in [0.15, 0.2) is 72.8 Å². The van der Waals surface area contributed by atoms with Crippen molar-refractivity contribution < 1.29 is 0 Å². The quantitative estimate of drug-likeness (QED) is 0.483. The summed E-state index contributed by atoms with van der Waals surface area (Å²) in [6, 6.07) is 24.8. The summed E-state index contributed by atoms with van der Waals surface area (Å²) in [4.78, 5) is 11.5. The number of aromatic nitrogens is 2. The molecule has 0 amide bonds. The Morgan fingerprint density at radius 2 is 1.14 bits per heavy atom. The summed E-state index contributed by atoms with van der Waals surface area (Å²) in [7, 11) is 0. The number of fused-ring (bicyclic) bond motifs is 1. The van der Waals surface area contributed by atoms with Crippen LogP contribution in [0.5, 0.6) is 0 Å². The van der Waals surface area contributed by atoms with Crippen LogP contribution in [-0.4, -0.2) is 9.97 Å². The minimum absolute atomic E-state index is 0.415. The number of benzene rings is 3. The molecular weight excluding hydrogens is 344 g/mol. The molecule has 2 N–H and O–H groups in total. The average molecular weight is 368 g/mol. The summed E-state index contributed by atoms with van der Waals surface area (Å²) in [5.74, 6) is 1.06. The third-order valence-electron chi connectivity index (χ3n) is 5.00. The predicted molar refractivity (Wildman–Crippen MR) is 117 cm³/mol. The lowest BCUT2D eigenvalue weighted by atomic mass is 10.1. The Morgan fingerprint density at radius 3 is 1.61 bits per heavy atom. The molecule has 4 rings (SSSR count). The van der Waals surface area contributed by atoms with Crippen molar-refractivity contribution in [2.24, 2.45) is 0 Å². The van der Waals surface area contributed by atoms with E-state index in [2.05, 4.69) is 72.3 Å². The monoisotopic (exact) mass is 368 g/mol. The second kappa shape index (κ2) is 7.69. The zero-order chi connectivity index (χ0) is 19.5. The maximum atomic E-state index is 6.36. The molecule has 1 aromatic heterocycles. The highest BCUT2D eigenvalue weighted by molar-refractivity contribution is 5.85. The van der Waals surface area contributed by atoms with Gasteiger partial charge in [-0.3, -0.25) is 4.90 Å². The zero-order valence-corrected chi connectivity index (χ0v) is 16.3. The molecule has 0 bridgehead atoms. The van der Waals surface area contributed by atoms with Crippen molar-refractivity contribution in [1.29, 1.82) is 0 Å². The van der Waals surface area contributed by atoms with Crippen LogP contribution in [0.25, 0.3) is 11.0 Å². The average Bonchev–Trinajstić information content (AvgIpc) is 2.75. The van der Waals surface area contributed by atoms with E-state index in [-0.39, 0.29) is 0 Å². The maximum Gasteiger partial charge on any atom is 0.181 e. The van der Waals surface area contributed by atoms with Crippen LogP contribution in [0.4, 0.5) is 23.0 Å². The Labute approximate surface area is 165 Å². The van der Waals surface area contributed by atoms with E-state index in [9.17, 15) is 0 Å². The first kappa shape index (κ1) is 18.0. The zero-order valence-electron chi connectivity index (χ0n) is 16.3. The van der Waals surface area contributed by atoms with Gasteiger partial charge in [-0.15, -0.1) is 0 Å². The molecule has 140 valence electrons. The minimum Gasteiger partial charge on any atom is -0.381 e. The van der Waals surface area contributed by atoms with E-state index >= 15 is 0 Å². The predicted octanol–water partition coefficient (Wildman–Crippen LogP) is 5.81. The van der Waals surface area contributed by atoms with Gasteiger partial charge < -0.3 is 5.73 Å². The van der Waals surface area contributed by atoms with E-state index in [4.69, 9.17) is 10.7 Å². The first-order valence-electron chi connectivity index (χ1n) is 9.70. The Balaban J connectivity index is 1.89. The Bertz CT molecular complexity index is 1040. The van der Waals surface area contributed by atoms with Crippen molar-refractivity contribution in [3.05, 3.63) is 83.9 Å². The van der Waals surface area contributed by atoms with Crippen molar-refractivity contribution in [3.63, 3.8) is 0 Å². The molecule has 0 aliphatic rings. The smallest absolute Gasteiger partial charge is 0.181 e. The number of hydrogen-bond acceptors (Lipinski definition) is 4. The van der Waals surface area contributed by atoms with Crippen LogP contribution in [0.1, 0.15) is 25.0 Å². The van der Waals surface area contributed by atoms with Crippen LogP contribution in [0.2, 0.25) is 0 Å². The van der Waals surface area contributed by atoms with Gasteiger partial charge in [0.15, 0.2) is 11.6 Å². The van der Waals surface area contributed by atoms with Crippen molar-refractivity contribution in [3.8, 4) is 0 Å². The largest absolute Gasteiger partial charge is 0.381 e. The standard InChI is InChI=1S/C24H24N4/c1-3-17-9-13-19(14-10-17)28(20-15-11-18(4-2)12-16-20)24-23(25)26-21-7-5-6-8-22(21)27-24/h5-16H,3-4H2,1-2H3,(H2,25,26). The van der Waals surface area contributed by atoms with Gasteiger partial charge >= 0.3 is 0 Å². The van der Waals surface area contributed by atoms with E-state index in [1.54, 1.807) is 0 Å². The number of aryl methyl sites for hydroxylation is 2. The molecular formula is C24H24N4. The lowest BCUT2D eigenvalue weighted by Gasteiger charge is -2.25. The number of rotatable bonds is 5. The van der Waals surface area contributed by atoms with E-state index in [0.29, 0.717) is 11.6 Å². The summed E-state index contributed by atoms with van der Waals surface area (Å²) in [5.41, 5.74) is 12.6. The highest BCUT2D eigenvalue weighted by Gasteiger charge is 2.18. The second-order valence-corrected chi connectivity index (χ2v) is 6.80. The number of nitrogen functional groups attached to an aromatic ring is 1. The topological polar surface area (TPSA) is 55.0 Å². The number of anilines is 4. The number of nitrogens with zero attached hydrogens (tertiary/aromatic N) is 3. The van der Waals surface area contributed by atoms with E-state index in [0.717, 1.165) is 35.2 Å². The fourth-order valence-electron chi connectivity index (χ4n) is 3.32. The third kappa shape index (κ3) is 3.41. The fourth-order valence-corrected chi connectivity index (χ4v) is 3.32. The SMILES string of the molecule is CCc1ccc(N(c2ccc(CC)cc2)c2nc3ccccc3nc2N)cc1. The Morgan fingerprint density at radius 1 is 0.679 bits per heavy atom. The van der Waals surface area contributed by atoms with Gasteiger partial charge in [-0.2, -0.15) is 0 Å². The molecule has 4 aromatic rings. The molecule has 0 radical (unpaired) electrons. The van der Waals surface area contributed by atoms with Gasteiger partial charge in [0.2, 0.25) is 0 Å². The number of hydrogen-bond donors (Lipinski definition) is 1. The number of nitrogens with two attached hydrogens (primary N) is 1. The normalized spacial score (nSPS) is 10.9. The molecule has 0 saturated carbocycles. The maximum absolute atomic E-state index is 6.36.